The van der Waals surface area contributed by atoms with E-state index in [1.807, 2.05) is 31.2 Å². The number of aromatic nitrogens is 4. The van der Waals surface area contributed by atoms with Crippen molar-refractivity contribution in [2.75, 3.05) is 59.5 Å². The minimum absolute atomic E-state index is 0.0113. The van der Waals surface area contributed by atoms with Gasteiger partial charge in [0.25, 0.3) is 0 Å². The Hall–Kier alpha value is -5.09. The van der Waals surface area contributed by atoms with Gasteiger partial charge in [0.15, 0.2) is 0 Å². The van der Waals surface area contributed by atoms with Crippen LogP contribution in [0.25, 0.3) is 31.8 Å². The Morgan fingerprint density at radius 1 is 0.984 bits per heavy atom. The van der Waals surface area contributed by atoms with Crippen molar-refractivity contribution in [2.24, 2.45) is 0 Å². The number of nitrogens with zero attached hydrogens (tertiary/aromatic N) is 7. The van der Waals surface area contributed by atoms with Gasteiger partial charge < -0.3 is 24.2 Å². The van der Waals surface area contributed by atoms with E-state index in [9.17, 15) is 14.3 Å². The molecule has 4 aliphatic rings. The molecule has 2 fully saturated rings. The highest BCUT2D eigenvalue weighted by Crippen LogP contribution is 2.49. The summed E-state index contributed by atoms with van der Waals surface area (Å²) in [5.74, 6) is 0.0234. The molecule has 1 N–H and O–H groups in total. The Kier molecular flexibility index (Phi) is 12.2. The summed E-state index contributed by atoms with van der Waals surface area (Å²) >= 11 is 8.77. The number of carboxylic acids is 1. The smallest absolute Gasteiger partial charge is 0.345 e. The van der Waals surface area contributed by atoms with Gasteiger partial charge in [-0.3, -0.25) is 9.80 Å². The summed E-state index contributed by atoms with van der Waals surface area (Å²) in [5.41, 5.74) is 6.58. The van der Waals surface area contributed by atoms with Gasteiger partial charge in [-0.05, 0) is 78.0 Å². The van der Waals surface area contributed by atoms with E-state index in [-0.39, 0.29) is 30.6 Å². The molecule has 10 rings (SSSR count). The molecule has 3 aromatic heterocycles. The maximum Gasteiger partial charge on any atom is 0.345 e. The molecule has 2 saturated heterocycles. The van der Waals surface area contributed by atoms with E-state index in [1.165, 1.54) is 29.8 Å². The van der Waals surface area contributed by atoms with Gasteiger partial charge in [-0.2, -0.15) is 0 Å². The number of hydrogen-bond donors (Lipinski definition) is 1. The SMILES string of the molecule is Cc1c2ccc(c1Cl)CN(CCN1CCN(C)CC1)Cc1ccc(OCc3ccnc([C@H]4CCOC4)n3)c(c1)C[C@H](C(=O)O)Oc1ncnc3sc(-c4ccc(F)cc4)c-2c13. The summed E-state index contributed by atoms with van der Waals surface area (Å²) in [6.45, 7) is 10.4. The molecule has 4 bridgehead atoms. The zero-order chi connectivity index (χ0) is 42.0. The molecular weight excluding hydrogens is 817 g/mol. The van der Waals surface area contributed by atoms with Gasteiger partial charge in [-0.1, -0.05) is 48.0 Å². The Bertz CT molecular complexity index is 2550. The zero-order valence-corrected chi connectivity index (χ0v) is 35.7. The van der Waals surface area contributed by atoms with Crippen molar-refractivity contribution in [2.45, 2.75) is 51.5 Å². The van der Waals surface area contributed by atoms with Crippen LogP contribution < -0.4 is 9.47 Å². The normalized spacial score (nSPS) is 19.0. The van der Waals surface area contributed by atoms with Gasteiger partial charge in [-0.15, -0.1) is 11.3 Å². The van der Waals surface area contributed by atoms with E-state index in [0.29, 0.717) is 58.5 Å². The van der Waals surface area contributed by atoms with Crippen LogP contribution in [0.3, 0.4) is 0 Å². The first-order valence-corrected chi connectivity index (χ1v) is 21.8. The van der Waals surface area contributed by atoms with Gasteiger partial charge >= 0.3 is 5.97 Å². The summed E-state index contributed by atoms with van der Waals surface area (Å²) in [6, 6.07) is 18.3. The van der Waals surface area contributed by atoms with Crippen LogP contribution in [0.5, 0.6) is 11.6 Å². The van der Waals surface area contributed by atoms with Crippen LogP contribution in [-0.2, 0) is 35.6 Å². The number of thiophene rings is 1. The molecule has 0 saturated carbocycles. The highest BCUT2D eigenvalue weighted by molar-refractivity contribution is 7.22. The van der Waals surface area contributed by atoms with Crippen LogP contribution in [0.15, 0.2) is 73.2 Å². The van der Waals surface area contributed by atoms with Crippen LogP contribution in [0.2, 0.25) is 5.02 Å². The summed E-state index contributed by atoms with van der Waals surface area (Å²) < 4.78 is 32.8. The summed E-state index contributed by atoms with van der Waals surface area (Å²) in [7, 11) is 2.16. The maximum absolute atomic E-state index is 14.2. The standard InChI is InChI=1S/C46H47ClFN7O5S/c1-28-36-9-6-31(41(28)47)24-55(19-18-54-16-14-53(2)15-17-54)23-29-3-10-37(59-26-35-11-13-49-43(52-35)32-12-20-58-25-32)33(21-29)22-38(46(56)57)60-44-40-39(36)42(61-45(40)51-27-50-44)30-4-7-34(48)8-5-30/h3-11,13,21,27,32,38H,12,14-20,22-26H2,1-2H3,(H,56,57)/t32-,38+/m0/s1. The average Bonchev–Trinajstić information content (AvgIpc) is 3.95. The lowest BCUT2D eigenvalue weighted by Crippen LogP contribution is -2.46. The predicted octanol–water partition coefficient (Wildman–Crippen LogP) is 7.64. The Balaban J connectivity index is 1.14. The summed E-state index contributed by atoms with van der Waals surface area (Å²) in [6.07, 6.45) is 2.63. The third kappa shape index (κ3) is 9.11. The number of likely N-dealkylation sites (N-methyl/N-ethyl adjacent to an activating group) is 1. The first-order valence-electron chi connectivity index (χ1n) is 20.7. The van der Waals surface area contributed by atoms with Gasteiger partial charge in [0, 0.05) is 93.0 Å². The van der Waals surface area contributed by atoms with Gasteiger partial charge in [0.2, 0.25) is 12.0 Å². The van der Waals surface area contributed by atoms with Gasteiger partial charge in [0.05, 0.1) is 17.7 Å². The summed E-state index contributed by atoms with van der Waals surface area (Å²) in [5, 5.41) is 12.0. The fraction of sp³-hybridized carbons (Fsp3) is 0.370. The molecular formula is C46H47ClFN7O5S. The molecule has 0 spiro atoms. The number of fused-ring (bicyclic) bond motifs is 6. The average molecular weight is 864 g/mol. The number of ether oxygens (including phenoxy) is 3. The van der Waals surface area contributed by atoms with Gasteiger partial charge in [-0.25, -0.2) is 29.1 Å². The molecule has 0 amide bonds. The Morgan fingerprint density at radius 2 is 1.80 bits per heavy atom. The lowest BCUT2D eigenvalue weighted by Gasteiger charge is -2.34. The second-order valence-corrected chi connectivity index (χ2v) is 17.5. The maximum atomic E-state index is 14.2. The lowest BCUT2D eigenvalue weighted by atomic mass is 9.94. The second-order valence-electron chi connectivity index (χ2n) is 16.1. The number of piperazine rings is 1. The van der Waals surface area contributed by atoms with Crippen molar-refractivity contribution in [3.05, 3.63) is 118 Å². The largest absolute Gasteiger partial charge is 0.487 e. The number of halogens is 2. The predicted molar refractivity (Wildman–Crippen MR) is 233 cm³/mol. The monoisotopic (exact) mass is 863 g/mol. The number of rotatable bonds is 9. The molecule has 12 nitrogen and oxygen atoms in total. The number of aliphatic carboxylic acids is 1. The van der Waals surface area contributed by atoms with Crippen LogP contribution >= 0.6 is 22.9 Å². The van der Waals surface area contributed by atoms with E-state index < -0.39 is 12.1 Å². The fourth-order valence-electron chi connectivity index (χ4n) is 8.38. The fourth-order valence-corrected chi connectivity index (χ4v) is 9.76. The van der Waals surface area contributed by atoms with E-state index >= 15 is 0 Å². The molecule has 3 aromatic carbocycles. The summed E-state index contributed by atoms with van der Waals surface area (Å²) in [4.78, 5) is 40.4. The quantitative estimate of drug-likeness (QED) is 0.154. The van der Waals surface area contributed by atoms with Crippen LogP contribution in [0, 0.1) is 12.7 Å². The molecule has 15 heteroatoms. The molecule has 0 aliphatic carbocycles. The van der Waals surface area contributed by atoms with E-state index in [0.717, 1.165) is 89.8 Å². The van der Waals surface area contributed by atoms with Crippen molar-refractivity contribution < 1.29 is 28.5 Å². The van der Waals surface area contributed by atoms with Crippen molar-refractivity contribution in [3.8, 4) is 33.2 Å². The highest BCUT2D eigenvalue weighted by Gasteiger charge is 2.29. The molecule has 61 heavy (non-hydrogen) atoms. The van der Waals surface area contributed by atoms with Crippen LogP contribution in [-0.4, -0.2) is 111 Å². The second kappa shape index (κ2) is 18.1. The molecule has 316 valence electrons. The molecule has 2 atom stereocenters. The van der Waals surface area contributed by atoms with E-state index in [2.05, 4.69) is 48.8 Å². The van der Waals surface area contributed by atoms with Gasteiger partial charge in [0.1, 0.15) is 35.2 Å². The van der Waals surface area contributed by atoms with Crippen molar-refractivity contribution in [3.63, 3.8) is 0 Å². The number of carboxylic acid groups (broad SMARTS) is 1. The number of benzene rings is 3. The van der Waals surface area contributed by atoms with E-state index in [4.69, 9.17) is 30.8 Å². The minimum Gasteiger partial charge on any atom is -0.487 e. The van der Waals surface area contributed by atoms with Crippen molar-refractivity contribution in [1.29, 1.82) is 0 Å². The Labute approximate surface area is 362 Å². The third-order valence-electron chi connectivity index (χ3n) is 11.9. The first kappa shape index (κ1) is 41.3. The molecule has 7 heterocycles. The molecule has 4 aliphatic heterocycles. The lowest BCUT2D eigenvalue weighted by molar-refractivity contribution is -0.145. The first-order chi connectivity index (χ1) is 29.7. The third-order valence-corrected chi connectivity index (χ3v) is 13.6. The topological polar surface area (TPSA) is 126 Å². The molecule has 0 unspecified atom stereocenters. The van der Waals surface area contributed by atoms with Crippen molar-refractivity contribution in [1.82, 2.24) is 34.6 Å². The minimum atomic E-state index is -1.35. The number of carbonyl (C=O) groups is 1. The Morgan fingerprint density at radius 3 is 2.59 bits per heavy atom. The van der Waals surface area contributed by atoms with E-state index in [1.54, 1.807) is 18.3 Å². The zero-order valence-electron chi connectivity index (χ0n) is 34.2. The number of hydrogen-bond acceptors (Lipinski definition) is 12. The van der Waals surface area contributed by atoms with Crippen LogP contribution in [0.1, 0.15) is 46.1 Å². The highest BCUT2D eigenvalue weighted by atomic mass is 35.5. The molecule has 0 radical (unpaired) electrons. The molecule has 6 aromatic rings. The van der Waals surface area contributed by atoms with Crippen LogP contribution in [0.4, 0.5) is 4.39 Å². The van der Waals surface area contributed by atoms with Crippen molar-refractivity contribution >= 4 is 39.1 Å².